The van der Waals surface area contributed by atoms with Gasteiger partial charge in [0.15, 0.2) is 22.9 Å². The van der Waals surface area contributed by atoms with Crippen LogP contribution in [0.3, 0.4) is 0 Å². The molecule has 0 radical (unpaired) electrons. The molecule has 40 heavy (non-hydrogen) atoms. The summed E-state index contributed by atoms with van der Waals surface area (Å²) in [5.41, 5.74) is 6.96. The van der Waals surface area contributed by atoms with Crippen LogP contribution in [0.15, 0.2) is 63.5 Å². The largest absolute Gasteiger partial charge is 0.494 e. The first-order valence-corrected chi connectivity index (χ1v) is 13.7. The minimum atomic E-state index is -0.788. The monoisotopic (exact) mass is 565 g/mol. The number of thiazole rings is 1. The van der Waals surface area contributed by atoms with E-state index in [1.807, 2.05) is 38.1 Å². The SMILES string of the molecule is CCOC(=O)C1=C(C)N=c2s/c(=C\c3ccc(OCC(N)=O)c(OCC)c3)c(=O)n2[C@@H]1c1ccccc1OCC. The van der Waals surface area contributed by atoms with Crippen LogP contribution in [0.5, 0.6) is 17.2 Å². The highest BCUT2D eigenvalue weighted by molar-refractivity contribution is 7.07. The fraction of sp³-hybridized carbons (Fsp3) is 0.310. The van der Waals surface area contributed by atoms with Crippen molar-refractivity contribution in [3.8, 4) is 17.2 Å². The standard InChI is InChI=1S/C29H31N3O7S/c1-5-36-20-11-9-8-10-19(20)26-25(28(35)38-7-3)17(4)31-29-32(26)27(34)23(40-29)15-18-12-13-21(39-16-24(30)33)22(14-18)37-6-2/h8-15,26H,5-7,16H2,1-4H3,(H2,30,33)/b23-15-/t26-/m1/s1. The van der Waals surface area contributed by atoms with Crippen LogP contribution in [0.2, 0.25) is 0 Å². The zero-order valence-electron chi connectivity index (χ0n) is 22.8. The third-order valence-corrected chi connectivity index (χ3v) is 6.95. The summed E-state index contributed by atoms with van der Waals surface area (Å²) in [5, 5.41) is 0. The fourth-order valence-corrected chi connectivity index (χ4v) is 5.43. The van der Waals surface area contributed by atoms with E-state index >= 15 is 0 Å². The molecule has 0 aliphatic carbocycles. The Balaban J connectivity index is 1.88. The number of primary amides is 1. The van der Waals surface area contributed by atoms with Crippen LogP contribution in [-0.2, 0) is 14.3 Å². The van der Waals surface area contributed by atoms with Crippen molar-refractivity contribution in [2.75, 3.05) is 26.4 Å². The molecule has 1 aliphatic rings. The van der Waals surface area contributed by atoms with Gasteiger partial charge in [0.25, 0.3) is 11.5 Å². The van der Waals surface area contributed by atoms with Crippen LogP contribution in [0.25, 0.3) is 6.08 Å². The first-order valence-electron chi connectivity index (χ1n) is 12.9. The van der Waals surface area contributed by atoms with Crippen LogP contribution < -0.4 is 34.8 Å². The van der Waals surface area contributed by atoms with Crippen LogP contribution in [0, 0.1) is 0 Å². The van der Waals surface area contributed by atoms with Gasteiger partial charge in [0.05, 0.1) is 35.6 Å². The van der Waals surface area contributed by atoms with E-state index < -0.39 is 17.9 Å². The molecule has 1 amide bonds. The van der Waals surface area contributed by atoms with Crippen molar-refractivity contribution in [1.29, 1.82) is 0 Å². The Kier molecular flexibility index (Phi) is 9.05. The zero-order valence-corrected chi connectivity index (χ0v) is 23.6. The first-order chi connectivity index (χ1) is 19.3. The summed E-state index contributed by atoms with van der Waals surface area (Å²) in [5.74, 6) is 0.192. The molecular formula is C29H31N3O7S. The van der Waals surface area contributed by atoms with Gasteiger partial charge in [0.2, 0.25) is 0 Å². The van der Waals surface area contributed by atoms with Gasteiger partial charge >= 0.3 is 5.97 Å². The fourth-order valence-electron chi connectivity index (χ4n) is 4.38. The second-order valence-corrected chi connectivity index (χ2v) is 9.68. The number of carbonyl (C=O) groups excluding carboxylic acids is 2. The molecule has 10 nitrogen and oxygen atoms in total. The first kappa shape index (κ1) is 28.6. The van der Waals surface area contributed by atoms with Crippen LogP contribution in [0.1, 0.15) is 44.9 Å². The number of allylic oxidation sites excluding steroid dienone is 1. The summed E-state index contributed by atoms with van der Waals surface area (Å²) in [7, 11) is 0. The second-order valence-electron chi connectivity index (χ2n) is 8.67. The van der Waals surface area contributed by atoms with Crippen molar-refractivity contribution in [1.82, 2.24) is 4.57 Å². The average molecular weight is 566 g/mol. The molecule has 0 spiro atoms. The molecule has 0 unspecified atom stereocenters. The second kappa shape index (κ2) is 12.6. The Morgan fingerprint density at radius 1 is 1.00 bits per heavy atom. The number of ether oxygens (including phenoxy) is 4. The van der Waals surface area contributed by atoms with E-state index in [-0.39, 0.29) is 24.3 Å². The number of benzene rings is 2. The minimum Gasteiger partial charge on any atom is -0.494 e. The predicted octanol–water partition coefficient (Wildman–Crippen LogP) is 2.46. The molecule has 11 heteroatoms. The van der Waals surface area contributed by atoms with Crippen molar-refractivity contribution < 1.29 is 28.5 Å². The topological polar surface area (TPSA) is 131 Å². The van der Waals surface area contributed by atoms with Crippen molar-refractivity contribution >= 4 is 29.3 Å². The summed E-state index contributed by atoms with van der Waals surface area (Å²) in [6.07, 6.45) is 1.72. The molecule has 4 rings (SSSR count). The molecule has 1 aromatic heterocycles. The van der Waals surface area contributed by atoms with E-state index in [0.29, 0.717) is 56.6 Å². The molecule has 210 valence electrons. The average Bonchev–Trinajstić information content (AvgIpc) is 3.22. The van der Waals surface area contributed by atoms with Crippen LogP contribution in [-0.4, -0.2) is 42.9 Å². The third-order valence-electron chi connectivity index (χ3n) is 5.97. The summed E-state index contributed by atoms with van der Waals surface area (Å²) >= 11 is 1.21. The van der Waals surface area contributed by atoms with Gasteiger partial charge < -0.3 is 24.7 Å². The Hall–Kier alpha value is -4.38. The number of nitrogens with two attached hydrogens (primary N) is 1. The molecule has 2 aromatic carbocycles. The van der Waals surface area contributed by atoms with Crippen molar-refractivity contribution in [3.05, 3.63) is 84.5 Å². The summed E-state index contributed by atoms with van der Waals surface area (Å²) < 4.78 is 24.3. The smallest absolute Gasteiger partial charge is 0.338 e. The van der Waals surface area contributed by atoms with Crippen molar-refractivity contribution in [3.63, 3.8) is 0 Å². The van der Waals surface area contributed by atoms with E-state index in [2.05, 4.69) is 4.99 Å². The van der Waals surface area contributed by atoms with Gasteiger partial charge in [0.1, 0.15) is 11.8 Å². The number of nitrogens with zero attached hydrogens (tertiary/aromatic N) is 2. The Labute approximate surface area is 235 Å². The number of aromatic nitrogens is 1. The summed E-state index contributed by atoms with van der Waals surface area (Å²) in [4.78, 5) is 43.3. The van der Waals surface area contributed by atoms with E-state index in [4.69, 9.17) is 24.7 Å². The lowest BCUT2D eigenvalue weighted by molar-refractivity contribution is -0.139. The molecule has 0 fully saturated rings. The number of amides is 1. The normalized spacial score (nSPS) is 14.8. The van der Waals surface area contributed by atoms with E-state index in [9.17, 15) is 14.4 Å². The highest BCUT2D eigenvalue weighted by Crippen LogP contribution is 2.36. The number of carbonyl (C=O) groups is 2. The van der Waals surface area contributed by atoms with E-state index in [1.165, 1.54) is 15.9 Å². The van der Waals surface area contributed by atoms with Crippen molar-refractivity contribution in [2.24, 2.45) is 10.7 Å². The molecular weight excluding hydrogens is 534 g/mol. The molecule has 2 N–H and O–H groups in total. The number of esters is 1. The lowest BCUT2D eigenvalue weighted by Gasteiger charge is -2.26. The maximum absolute atomic E-state index is 13.9. The molecule has 1 atom stereocenters. The Bertz CT molecular complexity index is 1640. The van der Waals surface area contributed by atoms with Crippen molar-refractivity contribution in [2.45, 2.75) is 33.7 Å². The van der Waals surface area contributed by atoms with Crippen LogP contribution >= 0.6 is 11.3 Å². The minimum absolute atomic E-state index is 0.182. The van der Waals surface area contributed by atoms with Gasteiger partial charge in [-0.3, -0.25) is 14.2 Å². The highest BCUT2D eigenvalue weighted by atomic mass is 32.1. The molecule has 0 saturated heterocycles. The summed E-state index contributed by atoms with van der Waals surface area (Å²) in [6, 6.07) is 11.6. The lowest BCUT2D eigenvalue weighted by atomic mass is 9.95. The maximum atomic E-state index is 13.9. The third kappa shape index (κ3) is 5.94. The highest BCUT2D eigenvalue weighted by Gasteiger charge is 2.35. The maximum Gasteiger partial charge on any atom is 0.338 e. The summed E-state index contributed by atoms with van der Waals surface area (Å²) in [6.45, 7) is 7.84. The van der Waals surface area contributed by atoms with Gasteiger partial charge in [-0.1, -0.05) is 35.6 Å². The number of fused-ring (bicyclic) bond motifs is 1. The number of para-hydroxylation sites is 1. The van der Waals surface area contributed by atoms with Gasteiger partial charge in [-0.25, -0.2) is 9.79 Å². The molecule has 0 bridgehead atoms. The zero-order chi connectivity index (χ0) is 28.8. The lowest BCUT2D eigenvalue weighted by Crippen LogP contribution is -2.40. The van der Waals surface area contributed by atoms with Gasteiger partial charge in [-0.2, -0.15) is 0 Å². The number of hydrogen-bond acceptors (Lipinski definition) is 9. The Morgan fingerprint density at radius 3 is 2.42 bits per heavy atom. The Morgan fingerprint density at radius 2 is 1.73 bits per heavy atom. The van der Waals surface area contributed by atoms with Gasteiger partial charge in [0, 0.05) is 5.56 Å². The molecule has 1 aliphatic heterocycles. The van der Waals surface area contributed by atoms with Crippen LogP contribution in [0.4, 0.5) is 0 Å². The number of rotatable bonds is 11. The van der Waals surface area contributed by atoms with Gasteiger partial charge in [-0.05, 0) is 57.5 Å². The van der Waals surface area contributed by atoms with E-state index in [0.717, 1.165) is 0 Å². The quantitative estimate of drug-likeness (QED) is 0.353. The molecule has 0 saturated carbocycles. The molecule has 2 heterocycles. The molecule has 3 aromatic rings. The van der Waals surface area contributed by atoms with Gasteiger partial charge in [-0.15, -0.1) is 0 Å². The van der Waals surface area contributed by atoms with E-state index in [1.54, 1.807) is 38.1 Å². The number of hydrogen-bond donors (Lipinski definition) is 1. The predicted molar refractivity (Wildman–Crippen MR) is 150 cm³/mol.